The van der Waals surface area contributed by atoms with Crippen LogP contribution in [-0.2, 0) is 11.3 Å². The van der Waals surface area contributed by atoms with Crippen molar-refractivity contribution >= 4 is 22.6 Å². The molecular formula is C17H17N2O3+. The van der Waals surface area contributed by atoms with E-state index in [0.29, 0.717) is 18.7 Å². The molecule has 0 bridgehead atoms. The highest BCUT2D eigenvalue weighted by molar-refractivity contribution is 6.03. The van der Waals surface area contributed by atoms with Crippen LogP contribution in [0.15, 0.2) is 53.3 Å². The number of para-hydroxylation sites is 1. The van der Waals surface area contributed by atoms with Gasteiger partial charge in [-0.25, -0.2) is 9.78 Å². The van der Waals surface area contributed by atoms with Crippen LogP contribution in [0.3, 0.4) is 0 Å². The molecule has 3 aromatic rings. The lowest BCUT2D eigenvalue weighted by atomic mass is 10.1. The lowest BCUT2D eigenvalue weighted by Crippen LogP contribution is -2.16. The summed E-state index contributed by atoms with van der Waals surface area (Å²) in [5.41, 5.74) is 2.16. The minimum Gasteiger partial charge on any atom is -0.467 e. The molecule has 2 heterocycles. The number of anilines is 1. The molecule has 0 saturated carbocycles. The number of esters is 1. The molecule has 0 atom stereocenters. The summed E-state index contributed by atoms with van der Waals surface area (Å²) in [6.45, 7) is 2.62. The van der Waals surface area contributed by atoms with Gasteiger partial charge in [0.2, 0.25) is 5.52 Å². The van der Waals surface area contributed by atoms with Gasteiger partial charge in [-0.3, -0.25) is 0 Å². The fourth-order valence-corrected chi connectivity index (χ4v) is 2.34. The minimum absolute atomic E-state index is 0.337. The molecule has 5 heteroatoms. The first-order valence-corrected chi connectivity index (χ1v) is 7.16. The van der Waals surface area contributed by atoms with Crippen molar-refractivity contribution < 1.29 is 18.9 Å². The third-order valence-electron chi connectivity index (χ3n) is 3.35. The lowest BCUT2D eigenvalue weighted by Gasteiger charge is -2.10. The van der Waals surface area contributed by atoms with Crippen LogP contribution in [0.5, 0.6) is 0 Å². The molecule has 2 N–H and O–H groups in total. The fourth-order valence-electron chi connectivity index (χ4n) is 2.34. The number of H-pyrrole nitrogens is 1. The van der Waals surface area contributed by atoms with E-state index >= 15 is 0 Å². The molecule has 0 saturated heterocycles. The zero-order valence-electron chi connectivity index (χ0n) is 12.3. The summed E-state index contributed by atoms with van der Waals surface area (Å²) in [6, 6.07) is 11.5. The van der Waals surface area contributed by atoms with Gasteiger partial charge in [-0.05, 0) is 25.1 Å². The van der Waals surface area contributed by atoms with Gasteiger partial charge in [-0.2, -0.15) is 0 Å². The van der Waals surface area contributed by atoms with Crippen LogP contribution in [0.25, 0.3) is 10.9 Å². The maximum Gasteiger partial charge on any atom is 0.346 e. The van der Waals surface area contributed by atoms with Gasteiger partial charge in [0.25, 0.3) is 0 Å². The van der Waals surface area contributed by atoms with E-state index in [1.807, 2.05) is 36.4 Å². The Morgan fingerprint density at radius 2 is 2.14 bits per heavy atom. The number of carbonyl (C=O) groups excluding carboxylic acids is 1. The van der Waals surface area contributed by atoms with Crippen LogP contribution in [0.1, 0.15) is 23.0 Å². The van der Waals surface area contributed by atoms with Crippen LogP contribution in [-0.4, -0.2) is 12.6 Å². The average molecular weight is 297 g/mol. The number of fused-ring (bicyclic) bond motifs is 1. The van der Waals surface area contributed by atoms with Crippen molar-refractivity contribution in [3.8, 4) is 0 Å². The Kier molecular flexibility index (Phi) is 4.05. The van der Waals surface area contributed by atoms with E-state index in [1.54, 1.807) is 19.4 Å². The molecule has 0 aliphatic heterocycles. The van der Waals surface area contributed by atoms with E-state index in [-0.39, 0.29) is 5.97 Å². The van der Waals surface area contributed by atoms with E-state index in [1.165, 1.54) is 0 Å². The summed E-state index contributed by atoms with van der Waals surface area (Å²) in [4.78, 5) is 15.3. The van der Waals surface area contributed by atoms with Gasteiger partial charge in [0, 0.05) is 6.07 Å². The number of aromatic amines is 1. The van der Waals surface area contributed by atoms with Crippen LogP contribution < -0.4 is 10.3 Å². The first-order valence-electron chi connectivity index (χ1n) is 7.16. The zero-order chi connectivity index (χ0) is 15.4. The summed E-state index contributed by atoms with van der Waals surface area (Å²) in [5, 5.41) is 4.21. The fraction of sp³-hybridized carbons (Fsp3) is 0.176. The van der Waals surface area contributed by atoms with Crippen molar-refractivity contribution in [2.24, 2.45) is 0 Å². The van der Waals surface area contributed by atoms with E-state index in [4.69, 9.17) is 9.15 Å². The third kappa shape index (κ3) is 2.79. The summed E-state index contributed by atoms with van der Waals surface area (Å²) < 4.78 is 10.5. The second-order valence-electron chi connectivity index (χ2n) is 4.78. The van der Waals surface area contributed by atoms with Gasteiger partial charge in [0.15, 0.2) is 6.20 Å². The Morgan fingerprint density at radius 3 is 2.91 bits per heavy atom. The number of ether oxygens (including phenoxy) is 1. The first kappa shape index (κ1) is 14.1. The van der Waals surface area contributed by atoms with Crippen LogP contribution in [0.4, 0.5) is 5.69 Å². The summed E-state index contributed by atoms with van der Waals surface area (Å²) >= 11 is 0. The number of rotatable bonds is 5. The first-order chi connectivity index (χ1) is 10.8. The molecule has 0 spiro atoms. The Morgan fingerprint density at radius 1 is 1.27 bits per heavy atom. The maximum atomic E-state index is 12.2. The summed E-state index contributed by atoms with van der Waals surface area (Å²) in [5.74, 6) is 0.443. The molecule has 5 nitrogen and oxygen atoms in total. The lowest BCUT2D eigenvalue weighted by molar-refractivity contribution is -0.344. The standard InChI is InChI=1S/C17H16N2O3/c1-2-21-17(20)14-11-18-15-8-4-3-7-13(15)16(14)19-10-12-6-5-9-22-12/h3-9,11H,2,10H2,1H3,(H,18,19)/p+1. The largest absolute Gasteiger partial charge is 0.467 e. The summed E-state index contributed by atoms with van der Waals surface area (Å²) in [7, 11) is 0. The van der Waals surface area contributed by atoms with Crippen molar-refractivity contribution in [2.75, 3.05) is 11.9 Å². The second kappa shape index (κ2) is 6.30. The molecule has 3 rings (SSSR count). The number of pyridine rings is 1. The molecule has 112 valence electrons. The molecule has 0 aliphatic rings. The topological polar surface area (TPSA) is 65.6 Å². The van der Waals surface area contributed by atoms with Gasteiger partial charge in [-0.15, -0.1) is 0 Å². The molecule has 1 aromatic carbocycles. The van der Waals surface area contributed by atoms with E-state index in [9.17, 15) is 4.79 Å². The summed E-state index contributed by atoms with van der Waals surface area (Å²) in [6.07, 6.45) is 3.30. The number of hydrogen-bond acceptors (Lipinski definition) is 4. The number of nitrogens with one attached hydrogen (secondary N) is 2. The van der Waals surface area contributed by atoms with Crippen molar-refractivity contribution in [2.45, 2.75) is 13.5 Å². The Bertz CT molecular complexity index is 782. The minimum atomic E-state index is -0.355. The normalized spacial score (nSPS) is 10.6. The number of aromatic nitrogens is 1. The number of benzene rings is 1. The van der Waals surface area contributed by atoms with E-state index < -0.39 is 0 Å². The van der Waals surface area contributed by atoms with Crippen LogP contribution >= 0.6 is 0 Å². The molecule has 0 fully saturated rings. The van der Waals surface area contributed by atoms with Crippen molar-refractivity contribution in [1.82, 2.24) is 0 Å². The molecule has 22 heavy (non-hydrogen) atoms. The van der Waals surface area contributed by atoms with E-state index in [2.05, 4.69) is 10.3 Å². The highest BCUT2D eigenvalue weighted by Gasteiger charge is 2.19. The second-order valence-corrected chi connectivity index (χ2v) is 4.78. The Hall–Kier alpha value is -2.82. The SMILES string of the molecule is CCOC(=O)c1c[nH+]c2ccccc2c1NCc1ccco1. The molecule has 0 unspecified atom stereocenters. The van der Waals surface area contributed by atoms with Crippen molar-refractivity contribution in [3.63, 3.8) is 0 Å². The molecule has 0 aliphatic carbocycles. The average Bonchev–Trinajstić information content (AvgIpc) is 3.06. The highest BCUT2D eigenvalue weighted by atomic mass is 16.5. The number of carbonyl (C=O) groups is 1. The van der Waals surface area contributed by atoms with Crippen molar-refractivity contribution in [1.29, 1.82) is 0 Å². The van der Waals surface area contributed by atoms with Crippen LogP contribution in [0, 0.1) is 0 Å². The number of furan rings is 1. The molecule has 0 radical (unpaired) electrons. The molecule has 2 aromatic heterocycles. The Balaban J connectivity index is 2.01. The van der Waals surface area contributed by atoms with Crippen LogP contribution in [0.2, 0.25) is 0 Å². The monoisotopic (exact) mass is 297 g/mol. The Labute approximate surface area is 127 Å². The smallest absolute Gasteiger partial charge is 0.346 e. The van der Waals surface area contributed by atoms with Gasteiger partial charge >= 0.3 is 5.97 Å². The third-order valence-corrected chi connectivity index (χ3v) is 3.35. The van der Waals surface area contributed by atoms with E-state index in [0.717, 1.165) is 22.4 Å². The molecular weight excluding hydrogens is 280 g/mol. The number of hydrogen-bond donors (Lipinski definition) is 1. The highest BCUT2D eigenvalue weighted by Crippen LogP contribution is 2.25. The molecule has 0 amide bonds. The van der Waals surface area contributed by atoms with Gasteiger partial charge in [0.1, 0.15) is 11.3 Å². The maximum absolute atomic E-state index is 12.2. The van der Waals surface area contributed by atoms with Gasteiger partial charge < -0.3 is 14.5 Å². The predicted octanol–water partition coefficient (Wildman–Crippen LogP) is 3.04. The van der Waals surface area contributed by atoms with Gasteiger partial charge in [-0.1, -0.05) is 12.1 Å². The zero-order valence-corrected chi connectivity index (χ0v) is 12.3. The van der Waals surface area contributed by atoms with Crippen molar-refractivity contribution in [3.05, 3.63) is 60.2 Å². The predicted molar refractivity (Wildman–Crippen MR) is 82.5 cm³/mol. The quantitative estimate of drug-likeness (QED) is 0.735. The van der Waals surface area contributed by atoms with Gasteiger partial charge in [0.05, 0.1) is 30.5 Å².